The molecule has 0 amide bonds. The summed E-state index contributed by atoms with van der Waals surface area (Å²) in [5, 5.41) is 18.4. The van der Waals surface area contributed by atoms with Crippen molar-refractivity contribution < 1.29 is 14.5 Å². The Morgan fingerprint density at radius 1 is 1.23 bits per heavy atom. The molecule has 2 aromatic rings. The lowest BCUT2D eigenvalue weighted by Gasteiger charge is -2.07. The largest absolute Gasteiger partial charge is 0.402 e. The van der Waals surface area contributed by atoms with Crippen LogP contribution in [0.1, 0.15) is 69.7 Å². The Morgan fingerprint density at radius 3 is 2.29 bits per heavy atom. The highest BCUT2D eigenvalue weighted by Crippen LogP contribution is 2.12. The number of ether oxygens (including phenoxy) is 1. The summed E-state index contributed by atoms with van der Waals surface area (Å²) >= 11 is 0. The molecule has 1 heterocycles. The van der Waals surface area contributed by atoms with E-state index in [1.807, 2.05) is 45.5 Å². The van der Waals surface area contributed by atoms with Crippen LogP contribution >= 0.6 is 0 Å². The van der Waals surface area contributed by atoms with E-state index in [1.54, 1.807) is 7.11 Å². The number of nitrogens with zero attached hydrogens (tertiary/aromatic N) is 5. The van der Waals surface area contributed by atoms with E-state index < -0.39 is 4.92 Å². The van der Waals surface area contributed by atoms with E-state index in [4.69, 9.17) is 10.5 Å². The average Bonchev–Trinajstić information content (AvgIpc) is 3.21. The third-order valence-electron chi connectivity index (χ3n) is 4.99. The quantitative estimate of drug-likeness (QED) is 0.223. The molecule has 0 fully saturated rings. The van der Waals surface area contributed by atoms with Crippen LogP contribution in [0.5, 0.6) is 0 Å². The first-order valence-electron chi connectivity index (χ1n) is 11.4. The monoisotopic (exact) mass is 486 g/mol. The molecule has 192 valence electrons. The topological polar surface area (TPSA) is 139 Å². The summed E-state index contributed by atoms with van der Waals surface area (Å²) < 4.78 is 6.92. The van der Waals surface area contributed by atoms with Crippen molar-refractivity contribution in [2.24, 2.45) is 10.7 Å². The molecule has 1 aromatic heterocycles. The van der Waals surface area contributed by atoms with Crippen molar-refractivity contribution in [2.75, 3.05) is 7.11 Å². The molecule has 0 unspecified atom stereocenters. The molecule has 10 nitrogen and oxygen atoms in total. The number of methoxy groups -OCH3 is 1. The zero-order valence-electron chi connectivity index (χ0n) is 22.0. The van der Waals surface area contributed by atoms with Crippen molar-refractivity contribution >= 4 is 18.2 Å². The van der Waals surface area contributed by atoms with Gasteiger partial charge >= 0.3 is 0 Å². The van der Waals surface area contributed by atoms with Gasteiger partial charge in [0.25, 0.3) is 5.69 Å². The number of aldehydes is 1. The van der Waals surface area contributed by atoms with Gasteiger partial charge in [-0.1, -0.05) is 31.6 Å². The van der Waals surface area contributed by atoms with Crippen LogP contribution in [-0.2, 0) is 17.9 Å². The molecule has 0 atom stereocenters. The fourth-order valence-electron chi connectivity index (χ4n) is 2.46. The second kappa shape index (κ2) is 16.9. The number of non-ortho nitro benzene ring substituents is 1. The molecule has 0 radical (unpaired) electrons. The van der Waals surface area contributed by atoms with Crippen LogP contribution in [0.4, 0.5) is 5.69 Å². The lowest BCUT2D eigenvalue weighted by Crippen LogP contribution is -2.11. The summed E-state index contributed by atoms with van der Waals surface area (Å²) in [6.45, 7) is 15.1. The van der Waals surface area contributed by atoms with Crippen molar-refractivity contribution in [3.8, 4) is 0 Å². The minimum atomic E-state index is -0.505. The summed E-state index contributed by atoms with van der Waals surface area (Å²) in [6, 6.07) is 5.41. The number of nitrogens with two attached hydrogens (primary N) is 1. The first-order valence-corrected chi connectivity index (χ1v) is 11.4. The van der Waals surface area contributed by atoms with E-state index in [0.29, 0.717) is 25.0 Å². The van der Waals surface area contributed by atoms with Crippen LogP contribution in [0.15, 0.2) is 51.8 Å². The van der Waals surface area contributed by atoms with Gasteiger partial charge in [0.15, 0.2) is 0 Å². The molecule has 10 heteroatoms. The van der Waals surface area contributed by atoms with Gasteiger partial charge in [0, 0.05) is 48.0 Å². The number of hydrogen-bond donors (Lipinski definition) is 1. The molecule has 2 rings (SSSR count). The van der Waals surface area contributed by atoms with Gasteiger partial charge in [-0.05, 0) is 46.2 Å². The van der Waals surface area contributed by atoms with Crippen LogP contribution in [0.2, 0.25) is 0 Å². The Bertz CT molecular complexity index is 1030. The van der Waals surface area contributed by atoms with Crippen LogP contribution < -0.4 is 5.73 Å². The number of aliphatic imine (C=N–C) groups is 1. The molecule has 35 heavy (non-hydrogen) atoms. The Kier molecular flexibility index (Phi) is 15.1. The molecule has 0 aliphatic carbocycles. The first kappa shape index (κ1) is 31.3. The predicted molar refractivity (Wildman–Crippen MR) is 139 cm³/mol. The lowest BCUT2D eigenvalue weighted by atomic mass is 10.2. The second-order valence-corrected chi connectivity index (χ2v) is 7.36. The number of carbonyl (C=O) groups is 1. The van der Waals surface area contributed by atoms with Crippen molar-refractivity contribution in [2.45, 2.75) is 68.0 Å². The van der Waals surface area contributed by atoms with Gasteiger partial charge in [0.1, 0.15) is 12.0 Å². The van der Waals surface area contributed by atoms with Crippen molar-refractivity contribution in [3.05, 3.63) is 73.9 Å². The maximum Gasteiger partial charge on any atom is 0.269 e. The number of nitro benzene ring substituents is 1. The van der Waals surface area contributed by atoms with Crippen LogP contribution in [0, 0.1) is 17.0 Å². The number of nitro groups is 1. The normalized spacial score (nSPS) is 12.0. The minimum absolute atomic E-state index is 0.00407. The second-order valence-electron chi connectivity index (χ2n) is 7.36. The maximum absolute atomic E-state index is 10.1. The Hall–Kier alpha value is -3.66. The van der Waals surface area contributed by atoms with E-state index in [0.717, 1.165) is 34.8 Å². The molecule has 0 saturated carbocycles. The van der Waals surface area contributed by atoms with Gasteiger partial charge in [0.2, 0.25) is 0 Å². The van der Waals surface area contributed by atoms with Gasteiger partial charge in [-0.3, -0.25) is 19.9 Å². The number of hydrogen-bond acceptors (Lipinski definition) is 8. The fraction of sp³-hybridized carbons (Fsp3) is 0.440. The molecule has 0 aliphatic heterocycles. The van der Waals surface area contributed by atoms with Crippen LogP contribution in [0.25, 0.3) is 0 Å². The van der Waals surface area contributed by atoms with Gasteiger partial charge in [-0.15, -0.1) is 5.10 Å². The molecular weight excluding hydrogens is 448 g/mol. The molecule has 2 N–H and O–H groups in total. The summed E-state index contributed by atoms with van der Waals surface area (Å²) in [7, 11) is 1.64. The minimum Gasteiger partial charge on any atom is -0.402 e. The first-order chi connectivity index (χ1) is 16.6. The summed E-state index contributed by atoms with van der Waals surface area (Å²) in [4.78, 5) is 24.2. The molecular formula is C25H38N6O4. The Balaban J connectivity index is 0.000000742. The van der Waals surface area contributed by atoms with Gasteiger partial charge in [0.05, 0.1) is 23.8 Å². The van der Waals surface area contributed by atoms with Crippen molar-refractivity contribution in [3.63, 3.8) is 0 Å². The number of carbonyl (C=O) groups excluding carboxylic acids is 1. The number of benzene rings is 1. The fourth-order valence-corrected chi connectivity index (χ4v) is 2.46. The van der Waals surface area contributed by atoms with Gasteiger partial charge < -0.3 is 10.5 Å². The van der Waals surface area contributed by atoms with Crippen molar-refractivity contribution in [1.29, 1.82) is 0 Å². The average molecular weight is 487 g/mol. The smallest absolute Gasteiger partial charge is 0.269 e. The van der Waals surface area contributed by atoms with E-state index in [1.165, 1.54) is 29.8 Å². The zero-order chi connectivity index (χ0) is 27.0. The van der Waals surface area contributed by atoms with Gasteiger partial charge in [-0.25, -0.2) is 4.68 Å². The lowest BCUT2D eigenvalue weighted by molar-refractivity contribution is -0.384. The predicted octanol–water partition coefficient (Wildman–Crippen LogP) is 5.17. The third kappa shape index (κ3) is 10.9. The molecule has 1 aromatic carbocycles. The van der Waals surface area contributed by atoms with Crippen LogP contribution in [0.3, 0.4) is 0 Å². The van der Waals surface area contributed by atoms with E-state index >= 15 is 0 Å². The highest BCUT2D eigenvalue weighted by Gasteiger charge is 2.10. The maximum atomic E-state index is 10.1. The molecule has 0 aliphatic rings. The van der Waals surface area contributed by atoms with Gasteiger partial charge in [-0.2, -0.15) is 0 Å². The number of allylic oxidation sites excluding steroid dienone is 4. The number of aromatic nitrogens is 3. The van der Waals surface area contributed by atoms with E-state index in [-0.39, 0.29) is 5.69 Å². The Morgan fingerprint density at radius 2 is 1.83 bits per heavy atom. The summed E-state index contributed by atoms with van der Waals surface area (Å²) in [5.74, 6) is 0. The van der Waals surface area contributed by atoms with E-state index in [9.17, 15) is 14.9 Å². The Labute approximate surface area is 207 Å². The van der Waals surface area contributed by atoms with E-state index in [2.05, 4.69) is 29.2 Å². The highest BCUT2D eigenvalue weighted by molar-refractivity contribution is 5.80. The van der Waals surface area contributed by atoms with Crippen LogP contribution in [-0.4, -0.2) is 39.5 Å². The molecule has 0 bridgehead atoms. The summed E-state index contributed by atoms with van der Waals surface area (Å²) in [5.41, 5.74) is 12.2. The molecule has 0 spiro atoms. The zero-order valence-corrected chi connectivity index (χ0v) is 22.0. The van der Waals surface area contributed by atoms with Crippen molar-refractivity contribution in [1.82, 2.24) is 15.0 Å². The standard InChI is InChI=1S/C16H27N5O.C7H5NO3.C2H6/c1-7-11(2)13(4)18-8-15(12(3)17)9-21-14(5)16(10-22-6)19-20-21;9-5-6-1-3-7(4-2-6)8(10)11;1-2/h8H,7,9-10,17H2,1-6H3;1-5H;1-2H3/b13-11+,15-12-,18-8+;;. The number of rotatable bonds is 9. The molecule has 0 saturated heterocycles. The highest BCUT2D eigenvalue weighted by atomic mass is 16.6. The third-order valence-corrected chi connectivity index (χ3v) is 4.99. The summed E-state index contributed by atoms with van der Waals surface area (Å²) in [6.07, 6.45) is 3.46. The SMILES string of the molecule is CC.CC/C(C)=C(C)/N=C/C(Cn1nnc(COC)c1C)=C(\C)N.O=Cc1ccc([N+](=O)[O-])cc1.